The fourth-order valence-electron chi connectivity index (χ4n) is 9.13. The molecule has 3 saturated carbocycles. The summed E-state index contributed by atoms with van der Waals surface area (Å²) in [4.78, 5) is 13.3. The Morgan fingerprint density at radius 3 is 2.79 bits per heavy atom. The average molecular weight is 483 g/mol. The van der Waals surface area contributed by atoms with Crippen LogP contribution in [0.4, 0.5) is 0 Å². The number of ketones is 1. The van der Waals surface area contributed by atoms with E-state index >= 15 is 0 Å². The van der Waals surface area contributed by atoms with Crippen LogP contribution in [0.5, 0.6) is 0 Å². The Hall–Kier alpha value is -1.25. The lowest BCUT2D eigenvalue weighted by atomic mass is 9.44. The lowest BCUT2D eigenvalue weighted by molar-refractivity contribution is -0.158. The maximum Gasteiger partial charge on any atom is 0.139 e. The largest absolute Gasteiger partial charge is 0.393 e. The predicted octanol–water partition coefficient (Wildman–Crippen LogP) is 5.70. The third-order valence-electron chi connectivity index (χ3n) is 11.1. The first kappa shape index (κ1) is 24.4. The smallest absolute Gasteiger partial charge is 0.139 e. The minimum absolute atomic E-state index is 0.0303. The summed E-state index contributed by atoms with van der Waals surface area (Å²) >= 11 is 0. The van der Waals surface area contributed by atoms with Gasteiger partial charge < -0.3 is 5.11 Å². The Bertz CT molecular complexity index is 1040. The molecular weight excluding hydrogens is 439 g/mol. The molecule has 186 valence electrons. The number of aliphatic hydroxyl groups is 1. The average Bonchev–Trinajstić information content (AvgIpc) is 3.27. The van der Waals surface area contributed by atoms with Crippen LogP contribution in [0.1, 0.15) is 78.0 Å². The highest BCUT2D eigenvalue weighted by molar-refractivity contribution is 7.16. The van der Waals surface area contributed by atoms with Crippen molar-refractivity contribution < 1.29 is 9.90 Å². The molecule has 1 heterocycles. The molecule has 0 saturated heterocycles. The SMILES string of the molecule is CCC(=O)[C@@]1(C)[C@H](C)C[C@H]2[C@@H]3CCC4=Cc5nn(C/C=C\CP)cc5C[C@]4(C)[C@H]3[C@@H](O)C[C@@]21C. The van der Waals surface area contributed by atoms with Gasteiger partial charge in [0.15, 0.2) is 0 Å². The first-order chi connectivity index (χ1) is 16.1. The van der Waals surface area contributed by atoms with E-state index in [1.54, 1.807) is 0 Å². The molecule has 9 atom stereocenters. The first-order valence-corrected chi connectivity index (χ1v) is 14.3. The molecule has 0 amide bonds. The number of fused-ring (bicyclic) bond motifs is 6. The third-order valence-corrected chi connectivity index (χ3v) is 11.3. The highest BCUT2D eigenvalue weighted by Crippen LogP contribution is 2.71. The number of hydrogen-bond donors (Lipinski definition) is 1. The van der Waals surface area contributed by atoms with Crippen molar-refractivity contribution in [3.05, 3.63) is 35.2 Å². The van der Waals surface area contributed by atoms with Crippen LogP contribution in [0.25, 0.3) is 6.08 Å². The Kier molecular flexibility index (Phi) is 6.05. The molecule has 1 aromatic rings. The van der Waals surface area contributed by atoms with Crippen molar-refractivity contribution in [3.63, 3.8) is 0 Å². The van der Waals surface area contributed by atoms with E-state index in [1.165, 1.54) is 11.1 Å². The van der Waals surface area contributed by atoms with Gasteiger partial charge in [-0.3, -0.25) is 9.48 Å². The summed E-state index contributed by atoms with van der Waals surface area (Å²) in [5.41, 5.74) is 3.44. The van der Waals surface area contributed by atoms with Crippen LogP contribution in [0, 0.1) is 39.9 Å². The van der Waals surface area contributed by atoms with E-state index in [4.69, 9.17) is 5.10 Å². The Labute approximate surface area is 207 Å². The van der Waals surface area contributed by atoms with Gasteiger partial charge in [0.05, 0.1) is 18.3 Å². The molecule has 4 aliphatic carbocycles. The van der Waals surface area contributed by atoms with Crippen LogP contribution in [0.2, 0.25) is 0 Å². The molecule has 0 aromatic carbocycles. The minimum Gasteiger partial charge on any atom is -0.393 e. The standard InChI is InChI=1S/C29H43N2O2P/c1-6-25(33)29(5)18(2)13-22-21-10-9-20-14-23-19(17-31(30-23)11-7-8-12-34)15-27(20,3)26(21)24(32)16-28(22,29)4/h7-8,14,17-18,21-22,24,26,32H,6,9-13,15-16,34H2,1-5H3/b8-7-/t18-,21+,22+,24+,26-,27+,28+,29-/m1/s1. The van der Waals surface area contributed by atoms with Crippen molar-refractivity contribution in [2.24, 2.45) is 39.9 Å². The summed E-state index contributed by atoms with van der Waals surface area (Å²) in [5, 5.41) is 16.7. The van der Waals surface area contributed by atoms with Gasteiger partial charge in [-0.2, -0.15) is 5.10 Å². The third kappa shape index (κ3) is 3.23. The molecular formula is C29H43N2O2P. The molecule has 1 N–H and O–H groups in total. The van der Waals surface area contributed by atoms with Crippen molar-refractivity contribution in [1.82, 2.24) is 9.78 Å². The lowest BCUT2D eigenvalue weighted by Gasteiger charge is -2.61. The number of allylic oxidation sites excluding steroid dienone is 3. The second kappa shape index (κ2) is 8.41. The van der Waals surface area contributed by atoms with Crippen LogP contribution in [0.15, 0.2) is 23.9 Å². The molecule has 0 aliphatic heterocycles. The molecule has 5 rings (SSSR count). The Morgan fingerprint density at radius 2 is 2.09 bits per heavy atom. The van der Waals surface area contributed by atoms with Gasteiger partial charge in [-0.1, -0.05) is 52.3 Å². The summed E-state index contributed by atoms with van der Waals surface area (Å²) in [7, 11) is 2.73. The molecule has 1 unspecified atom stereocenters. The molecule has 0 spiro atoms. The summed E-state index contributed by atoms with van der Waals surface area (Å²) in [6.45, 7) is 12.1. The second-order valence-corrected chi connectivity index (χ2v) is 12.8. The van der Waals surface area contributed by atoms with Crippen molar-refractivity contribution in [3.8, 4) is 0 Å². The van der Waals surface area contributed by atoms with E-state index in [-0.39, 0.29) is 28.3 Å². The fraction of sp³-hybridized carbons (Fsp3) is 0.724. The zero-order chi connectivity index (χ0) is 24.5. The molecule has 0 bridgehead atoms. The maximum absolute atomic E-state index is 13.3. The van der Waals surface area contributed by atoms with Gasteiger partial charge in [-0.05, 0) is 84.4 Å². The molecule has 0 radical (unpaired) electrons. The number of rotatable bonds is 5. The van der Waals surface area contributed by atoms with E-state index in [1.807, 2.05) is 6.92 Å². The Morgan fingerprint density at radius 1 is 1.32 bits per heavy atom. The molecule has 34 heavy (non-hydrogen) atoms. The summed E-state index contributed by atoms with van der Waals surface area (Å²) in [6, 6.07) is 0. The van der Waals surface area contributed by atoms with Crippen LogP contribution in [-0.2, 0) is 17.8 Å². The van der Waals surface area contributed by atoms with Gasteiger partial charge in [0.25, 0.3) is 0 Å². The summed E-state index contributed by atoms with van der Waals surface area (Å²) in [6.07, 6.45) is 15.1. The predicted molar refractivity (Wildman–Crippen MR) is 141 cm³/mol. The maximum atomic E-state index is 13.3. The molecule has 5 heteroatoms. The summed E-state index contributed by atoms with van der Waals surface area (Å²) < 4.78 is 2.06. The molecule has 4 nitrogen and oxygen atoms in total. The lowest BCUT2D eigenvalue weighted by Crippen LogP contribution is -2.59. The first-order valence-electron chi connectivity index (χ1n) is 13.4. The zero-order valence-electron chi connectivity index (χ0n) is 21.7. The van der Waals surface area contributed by atoms with Gasteiger partial charge in [0.1, 0.15) is 5.78 Å². The zero-order valence-corrected chi connectivity index (χ0v) is 22.8. The van der Waals surface area contributed by atoms with Gasteiger partial charge in [0.2, 0.25) is 0 Å². The number of Topliss-reactive ketones (excluding diaryl/α,β-unsaturated/α-hetero) is 1. The van der Waals surface area contributed by atoms with Crippen molar-refractivity contribution in [2.45, 2.75) is 85.8 Å². The van der Waals surface area contributed by atoms with Crippen molar-refractivity contribution in [2.75, 3.05) is 6.16 Å². The number of carbonyl (C=O) groups excluding carboxylic acids is 1. The van der Waals surface area contributed by atoms with Gasteiger partial charge in [-0.15, -0.1) is 9.24 Å². The molecule has 3 fully saturated rings. The topological polar surface area (TPSA) is 55.1 Å². The van der Waals surface area contributed by atoms with Crippen molar-refractivity contribution in [1.29, 1.82) is 0 Å². The minimum atomic E-state index is -0.365. The molecule has 4 aliphatic rings. The van der Waals surface area contributed by atoms with Crippen molar-refractivity contribution >= 4 is 21.1 Å². The fourth-order valence-corrected chi connectivity index (χ4v) is 9.32. The van der Waals surface area contributed by atoms with E-state index in [2.05, 4.69) is 66.0 Å². The van der Waals surface area contributed by atoms with Gasteiger partial charge >= 0.3 is 0 Å². The number of hydrogen-bond acceptors (Lipinski definition) is 3. The van der Waals surface area contributed by atoms with E-state index < -0.39 is 0 Å². The highest BCUT2D eigenvalue weighted by Gasteiger charge is 2.68. The van der Waals surface area contributed by atoms with Gasteiger partial charge in [0, 0.05) is 18.0 Å². The number of nitrogens with zero attached hydrogens (tertiary/aromatic N) is 2. The quantitative estimate of drug-likeness (QED) is 0.433. The highest BCUT2D eigenvalue weighted by atomic mass is 31.0. The number of aromatic nitrogens is 2. The Balaban J connectivity index is 1.48. The summed E-state index contributed by atoms with van der Waals surface area (Å²) in [5.74, 6) is 2.01. The number of aliphatic hydroxyl groups excluding tert-OH is 1. The van der Waals surface area contributed by atoms with Gasteiger partial charge in [-0.25, -0.2) is 0 Å². The second-order valence-electron chi connectivity index (χ2n) is 12.4. The normalized spacial score (nSPS) is 43.1. The monoisotopic (exact) mass is 482 g/mol. The van der Waals surface area contributed by atoms with Crippen LogP contribution in [0.3, 0.4) is 0 Å². The van der Waals surface area contributed by atoms with E-state index in [9.17, 15) is 9.90 Å². The van der Waals surface area contributed by atoms with Crippen LogP contribution < -0.4 is 0 Å². The van der Waals surface area contributed by atoms with E-state index in [0.717, 1.165) is 50.5 Å². The molecule has 1 aromatic heterocycles. The van der Waals surface area contributed by atoms with E-state index in [0.29, 0.717) is 30.0 Å². The van der Waals surface area contributed by atoms with Crippen LogP contribution in [-0.4, -0.2) is 32.9 Å². The number of carbonyl (C=O) groups is 1. The van der Waals surface area contributed by atoms with Crippen LogP contribution >= 0.6 is 9.24 Å².